The van der Waals surface area contributed by atoms with Crippen molar-refractivity contribution in [1.29, 1.82) is 0 Å². The first kappa shape index (κ1) is 14.3. The average Bonchev–Trinajstić information content (AvgIpc) is 2.40. The van der Waals surface area contributed by atoms with Gasteiger partial charge in [-0.1, -0.05) is 24.4 Å². The number of benzene rings is 1. The van der Waals surface area contributed by atoms with Gasteiger partial charge in [0.05, 0.1) is 0 Å². The molecule has 0 bridgehead atoms. The molecule has 20 heavy (non-hydrogen) atoms. The summed E-state index contributed by atoms with van der Waals surface area (Å²) in [6, 6.07) is 8.07. The van der Waals surface area contributed by atoms with Crippen LogP contribution in [0.2, 0.25) is 0 Å². The number of hydrogen-bond acceptors (Lipinski definition) is 4. The Morgan fingerprint density at radius 2 is 1.95 bits per heavy atom. The molecule has 4 nitrogen and oxygen atoms in total. The van der Waals surface area contributed by atoms with Crippen LogP contribution in [0.5, 0.6) is 0 Å². The minimum absolute atomic E-state index is 0.243. The molecule has 2 rings (SSSR count). The molecule has 1 aromatic heterocycles. The van der Waals surface area contributed by atoms with Crippen molar-refractivity contribution in [2.24, 2.45) is 5.73 Å². The van der Waals surface area contributed by atoms with E-state index in [1.165, 1.54) is 12.1 Å². The molecule has 0 saturated carbocycles. The first-order chi connectivity index (χ1) is 9.45. The van der Waals surface area contributed by atoms with Gasteiger partial charge in [0.25, 0.3) is 0 Å². The summed E-state index contributed by atoms with van der Waals surface area (Å²) >= 11 is 4.94. The monoisotopic (exact) mass is 290 g/mol. The minimum atomic E-state index is -0.251. The van der Waals surface area contributed by atoms with E-state index in [9.17, 15) is 4.39 Å². The van der Waals surface area contributed by atoms with E-state index in [4.69, 9.17) is 18.0 Å². The fraction of sp³-hybridized carbons (Fsp3) is 0.214. The highest BCUT2D eigenvalue weighted by Crippen LogP contribution is 2.13. The van der Waals surface area contributed by atoms with Crippen molar-refractivity contribution in [2.75, 3.05) is 11.9 Å². The number of aryl methyl sites for hydroxylation is 1. The van der Waals surface area contributed by atoms with Crippen LogP contribution < -0.4 is 10.6 Å². The van der Waals surface area contributed by atoms with Crippen LogP contribution in [0.4, 0.5) is 10.3 Å². The van der Waals surface area contributed by atoms with Gasteiger partial charge in [0.1, 0.15) is 16.5 Å². The van der Waals surface area contributed by atoms with Crippen molar-refractivity contribution >= 4 is 23.2 Å². The molecular formula is C14H15FN4S. The van der Waals surface area contributed by atoms with Crippen LogP contribution >= 0.6 is 12.2 Å². The zero-order chi connectivity index (χ0) is 14.7. The number of rotatable bonds is 4. The molecule has 0 fully saturated rings. The van der Waals surface area contributed by atoms with E-state index in [0.29, 0.717) is 18.2 Å². The third kappa shape index (κ3) is 3.48. The molecule has 0 amide bonds. The van der Waals surface area contributed by atoms with Gasteiger partial charge in [-0.25, -0.2) is 14.4 Å². The summed E-state index contributed by atoms with van der Waals surface area (Å²) in [5.74, 6) is 0.288. The number of nitrogens with two attached hydrogens (primary N) is 1. The topological polar surface area (TPSA) is 55.0 Å². The zero-order valence-corrected chi connectivity index (χ0v) is 12.1. The first-order valence-electron chi connectivity index (χ1n) is 6.07. The second-order valence-electron chi connectivity index (χ2n) is 4.54. The van der Waals surface area contributed by atoms with Crippen LogP contribution in [-0.2, 0) is 6.54 Å². The summed E-state index contributed by atoms with van der Waals surface area (Å²) in [4.78, 5) is 10.8. The lowest BCUT2D eigenvalue weighted by atomic mass is 10.2. The van der Waals surface area contributed by atoms with E-state index in [-0.39, 0.29) is 10.8 Å². The van der Waals surface area contributed by atoms with Gasteiger partial charge >= 0.3 is 0 Å². The molecule has 0 aliphatic carbocycles. The van der Waals surface area contributed by atoms with Crippen molar-refractivity contribution in [3.05, 3.63) is 53.1 Å². The fourth-order valence-electron chi connectivity index (χ4n) is 1.78. The largest absolute Gasteiger partial charge is 0.388 e. The number of thiocarbonyl (C=S) groups is 1. The normalized spacial score (nSPS) is 10.3. The fourth-order valence-corrected chi connectivity index (χ4v) is 1.89. The van der Waals surface area contributed by atoms with E-state index in [1.54, 1.807) is 18.2 Å². The summed E-state index contributed by atoms with van der Waals surface area (Å²) in [7, 11) is 1.86. The van der Waals surface area contributed by atoms with Crippen LogP contribution in [0.1, 0.15) is 17.0 Å². The predicted octanol–water partition coefficient (Wildman–Crippen LogP) is 2.19. The van der Waals surface area contributed by atoms with Crippen LogP contribution in [-0.4, -0.2) is 22.0 Å². The van der Waals surface area contributed by atoms with Crippen LogP contribution in [0.3, 0.4) is 0 Å². The summed E-state index contributed by atoms with van der Waals surface area (Å²) in [5.41, 5.74) is 7.91. The Hall–Kier alpha value is -2.08. The van der Waals surface area contributed by atoms with Crippen molar-refractivity contribution in [2.45, 2.75) is 13.5 Å². The van der Waals surface area contributed by atoms with Gasteiger partial charge in [-0.05, 0) is 30.7 Å². The molecular weight excluding hydrogens is 275 g/mol. The zero-order valence-electron chi connectivity index (χ0n) is 11.3. The van der Waals surface area contributed by atoms with Gasteiger partial charge in [-0.2, -0.15) is 0 Å². The Morgan fingerprint density at radius 3 is 2.55 bits per heavy atom. The van der Waals surface area contributed by atoms with Gasteiger partial charge in [-0.15, -0.1) is 0 Å². The third-order valence-electron chi connectivity index (χ3n) is 2.77. The smallest absolute Gasteiger partial charge is 0.226 e. The number of nitrogens with zero attached hydrogens (tertiary/aromatic N) is 3. The van der Waals surface area contributed by atoms with E-state index in [1.807, 2.05) is 18.9 Å². The highest BCUT2D eigenvalue weighted by Gasteiger charge is 2.09. The molecule has 2 N–H and O–H groups in total. The maximum Gasteiger partial charge on any atom is 0.226 e. The molecule has 0 aliphatic heterocycles. The van der Waals surface area contributed by atoms with Gasteiger partial charge in [0.15, 0.2) is 0 Å². The van der Waals surface area contributed by atoms with Crippen molar-refractivity contribution < 1.29 is 4.39 Å². The Kier molecular flexibility index (Phi) is 4.24. The lowest BCUT2D eigenvalue weighted by Gasteiger charge is -2.18. The molecule has 104 valence electrons. The van der Waals surface area contributed by atoms with Gasteiger partial charge < -0.3 is 10.6 Å². The quantitative estimate of drug-likeness (QED) is 0.875. The third-order valence-corrected chi connectivity index (χ3v) is 2.98. The Bertz CT molecular complexity index is 628. The maximum atomic E-state index is 12.9. The van der Waals surface area contributed by atoms with Gasteiger partial charge in [-0.3, -0.25) is 0 Å². The first-order valence-corrected chi connectivity index (χ1v) is 6.47. The molecule has 0 radical (unpaired) electrons. The second-order valence-corrected chi connectivity index (χ2v) is 4.98. The maximum absolute atomic E-state index is 12.9. The van der Waals surface area contributed by atoms with E-state index < -0.39 is 0 Å². The minimum Gasteiger partial charge on any atom is -0.388 e. The summed E-state index contributed by atoms with van der Waals surface area (Å²) < 4.78 is 12.9. The van der Waals surface area contributed by atoms with E-state index in [0.717, 1.165) is 11.3 Å². The van der Waals surface area contributed by atoms with Crippen molar-refractivity contribution in [3.63, 3.8) is 0 Å². The summed E-state index contributed by atoms with van der Waals surface area (Å²) in [5, 5.41) is 0. The average molecular weight is 290 g/mol. The number of hydrogen-bond donors (Lipinski definition) is 1. The highest BCUT2D eigenvalue weighted by molar-refractivity contribution is 7.80. The predicted molar refractivity (Wildman–Crippen MR) is 81.2 cm³/mol. The Morgan fingerprint density at radius 1 is 1.30 bits per heavy atom. The molecule has 0 aliphatic rings. The van der Waals surface area contributed by atoms with Crippen molar-refractivity contribution in [3.8, 4) is 0 Å². The molecule has 0 saturated heterocycles. The molecule has 0 atom stereocenters. The van der Waals surface area contributed by atoms with Gasteiger partial charge in [0, 0.05) is 19.3 Å². The van der Waals surface area contributed by atoms with E-state index in [2.05, 4.69) is 9.97 Å². The van der Waals surface area contributed by atoms with Crippen LogP contribution in [0.15, 0.2) is 30.3 Å². The highest BCUT2D eigenvalue weighted by atomic mass is 32.1. The number of aromatic nitrogens is 2. The number of halogens is 1. The van der Waals surface area contributed by atoms with Crippen LogP contribution in [0.25, 0.3) is 0 Å². The second kappa shape index (κ2) is 5.92. The lowest BCUT2D eigenvalue weighted by Crippen LogP contribution is -2.22. The summed E-state index contributed by atoms with van der Waals surface area (Å²) in [6.07, 6.45) is 0. The summed E-state index contributed by atoms with van der Waals surface area (Å²) in [6.45, 7) is 2.43. The standard InChI is InChI=1S/C14H15FN4S/c1-9-7-12(13(16)20)18-14(17-9)19(2)8-10-3-5-11(15)6-4-10/h3-7H,8H2,1-2H3,(H2,16,20). The SMILES string of the molecule is Cc1cc(C(N)=S)nc(N(C)Cc2ccc(F)cc2)n1. The van der Waals surface area contributed by atoms with Crippen molar-refractivity contribution in [1.82, 2.24) is 9.97 Å². The molecule has 2 aromatic rings. The van der Waals surface area contributed by atoms with E-state index >= 15 is 0 Å². The Labute approximate surface area is 122 Å². The molecule has 1 heterocycles. The van der Waals surface area contributed by atoms with Gasteiger partial charge in [0.2, 0.25) is 5.95 Å². The molecule has 6 heteroatoms. The Balaban J connectivity index is 2.22. The molecule has 1 aromatic carbocycles. The number of anilines is 1. The van der Waals surface area contributed by atoms with Crippen LogP contribution in [0, 0.1) is 12.7 Å². The molecule has 0 spiro atoms. The lowest BCUT2D eigenvalue weighted by molar-refractivity contribution is 0.627. The molecule has 0 unspecified atom stereocenters.